The van der Waals surface area contributed by atoms with Crippen LogP contribution in [0.2, 0.25) is 0 Å². The number of nitrogens with two attached hydrogens (primary N) is 2. The molecule has 0 spiro atoms. The number of hydrogen-bond acceptors (Lipinski definition) is 3. The highest BCUT2D eigenvalue weighted by Gasteiger charge is 2.15. The summed E-state index contributed by atoms with van der Waals surface area (Å²) in [5.41, 5.74) is 12.6. The Bertz CT molecular complexity index is 363. The molecule has 0 aliphatic carbocycles. The molecule has 1 rings (SSSR count). The summed E-state index contributed by atoms with van der Waals surface area (Å²) >= 11 is 0. The Kier molecular flexibility index (Phi) is 4.31. The molecule has 1 atom stereocenters. The van der Waals surface area contributed by atoms with Crippen LogP contribution in [0.3, 0.4) is 0 Å². The number of hydrogen-bond donors (Lipinski definition) is 3. The van der Waals surface area contributed by atoms with Crippen molar-refractivity contribution in [1.29, 1.82) is 0 Å². The summed E-state index contributed by atoms with van der Waals surface area (Å²) in [5.74, 6) is 0.209. The van der Waals surface area contributed by atoms with Crippen LogP contribution < -0.4 is 16.8 Å². The normalized spacial score (nSPS) is 12.5. The number of rotatable bonds is 4. The van der Waals surface area contributed by atoms with Gasteiger partial charge in [-0.3, -0.25) is 4.79 Å². The Labute approximate surface area is 96.0 Å². The van der Waals surface area contributed by atoms with Gasteiger partial charge in [0.1, 0.15) is 0 Å². The van der Waals surface area contributed by atoms with Crippen molar-refractivity contribution in [3.05, 3.63) is 24.3 Å². The number of carbonyl (C=O) groups excluding carboxylic acids is 1. The molecule has 0 radical (unpaired) electrons. The summed E-state index contributed by atoms with van der Waals surface area (Å²) in [6.07, 6.45) is 0.665. The molecule has 0 saturated heterocycles. The Morgan fingerprint density at radius 3 is 2.56 bits per heavy atom. The summed E-state index contributed by atoms with van der Waals surface area (Å²) in [4.78, 5) is 11.7. The van der Waals surface area contributed by atoms with Gasteiger partial charge in [-0.25, -0.2) is 0 Å². The lowest BCUT2D eigenvalue weighted by Gasteiger charge is -2.14. The van der Waals surface area contributed by atoms with Gasteiger partial charge in [-0.05, 0) is 24.5 Å². The van der Waals surface area contributed by atoms with Crippen molar-refractivity contribution in [2.75, 3.05) is 11.1 Å². The van der Waals surface area contributed by atoms with E-state index in [4.69, 9.17) is 11.5 Å². The molecule has 0 bridgehead atoms. The second-order valence-electron chi connectivity index (χ2n) is 4.31. The number of para-hydroxylation sites is 2. The zero-order valence-electron chi connectivity index (χ0n) is 9.73. The molecule has 5 N–H and O–H groups in total. The van der Waals surface area contributed by atoms with Crippen molar-refractivity contribution in [2.45, 2.75) is 26.3 Å². The molecule has 4 nitrogen and oxygen atoms in total. The average molecular weight is 221 g/mol. The van der Waals surface area contributed by atoms with E-state index >= 15 is 0 Å². The van der Waals surface area contributed by atoms with Crippen molar-refractivity contribution in [2.24, 2.45) is 11.7 Å². The highest BCUT2D eigenvalue weighted by Crippen LogP contribution is 2.17. The summed E-state index contributed by atoms with van der Waals surface area (Å²) in [6.45, 7) is 4.06. The lowest BCUT2D eigenvalue weighted by atomic mass is 10.0. The lowest BCUT2D eigenvalue weighted by molar-refractivity contribution is -0.117. The second-order valence-corrected chi connectivity index (χ2v) is 4.31. The lowest BCUT2D eigenvalue weighted by Crippen LogP contribution is -2.36. The van der Waals surface area contributed by atoms with Gasteiger partial charge in [-0.15, -0.1) is 0 Å². The van der Waals surface area contributed by atoms with E-state index in [9.17, 15) is 4.79 Å². The first-order valence-corrected chi connectivity index (χ1v) is 5.41. The number of amides is 1. The minimum Gasteiger partial charge on any atom is -0.397 e. The fourth-order valence-electron chi connectivity index (χ4n) is 1.45. The molecule has 0 heterocycles. The molecule has 16 heavy (non-hydrogen) atoms. The molecule has 88 valence electrons. The Balaban J connectivity index is 2.61. The molecular formula is C12H19N3O. The van der Waals surface area contributed by atoms with Crippen LogP contribution in [0.15, 0.2) is 24.3 Å². The Morgan fingerprint density at radius 2 is 2.00 bits per heavy atom. The quantitative estimate of drug-likeness (QED) is 0.675. The molecule has 4 heteroatoms. The first-order valence-electron chi connectivity index (χ1n) is 5.41. The molecule has 0 saturated carbocycles. The van der Waals surface area contributed by atoms with Gasteiger partial charge in [0.15, 0.2) is 0 Å². The largest absolute Gasteiger partial charge is 0.397 e. The molecule has 1 amide bonds. The number of benzene rings is 1. The smallest absolute Gasteiger partial charge is 0.241 e. The second kappa shape index (κ2) is 5.51. The van der Waals surface area contributed by atoms with E-state index in [-0.39, 0.29) is 5.91 Å². The van der Waals surface area contributed by atoms with Crippen LogP contribution in [0.4, 0.5) is 11.4 Å². The van der Waals surface area contributed by atoms with Gasteiger partial charge in [0.2, 0.25) is 5.91 Å². The molecule has 0 unspecified atom stereocenters. The maximum Gasteiger partial charge on any atom is 0.241 e. The highest BCUT2D eigenvalue weighted by molar-refractivity contribution is 5.97. The SMILES string of the molecule is CC(C)C[C@H](N)C(=O)Nc1ccccc1N. The van der Waals surface area contributed by atoms with Crippen LogP contribution in [0, 0.1) is 5.92 Å². The number of carbonyl (C=O) groups is 1. The average Bonchev–Trinajstić information content (AvgIpc) is 2.20. The van der Waals surface area contributed by atoms with Crippen molar-refractivity contribution in [3.63, 3.8) is 0 Å². The zero-order valence-corrected chi connectivity index (χ0v) is 9.73. The minimum absolute atomic E-state index is 0.188. The molecule has 0 aliphatic heterocycles. The molecule has 0 aromatic heterocycles. The van der Waals surface area contributed by atoms with E-state index in [1.165, 1.54) is 0 Å². The number of nitrogens with one attached hydrogen (secondary N) is 1. The van der Waals surface area contributed by atoms with Crippen LogP contribution >= 0.6 is 0 Å². The van der Waals surface area contributed by atoms with Gasteiger partial charge >= 0.3 is 0 Å². The van der Waals surface area contributed by atoms with Crippen LogP contribution in [-0.4, -0.2) is 11.9 Å². The van der Waals surface area contributed by atoms with Gasteiger partial charge in [-0.1, -0.05) is 26.0 Å². The molecule has 1 aromatic rings. The third kappa shape index (κ3) is 3.55. The fraction of sp³-hybridized carbons (Fsp3) is 0.417. The summed E-state index contributed by atoms with van der Waals surface area (Å²) in [5, 5.41) is 2.73. The first kappa shape index (κ1) is 12.5. The third-order valence-corrected chi connectivity index (χ3v) is 2.28. The van der Waals surface area contributed by atoms with Crippen molar-refractivity contribution < 1.29 is 4.79 Å². The van der Waals surface area contributed by atoms with E-state index < -0.39 is 6.04 Å². The first-order chi connectivity index (χ1) is 7.50. The highest BCUT2D eigenvalue weighted by atomic mass is 16.2. The zero-order chi connectivity index (χ0) is 12.1. The van der Waals surface area contributed by atoms with E-state index in [0.717, 1.165) is 0 Å². The molecular weight excluding hydrogens is 202 g/mol. The summed E-state index contributed by atoms with van der Waals surface area (Å²) < 4.78 is 0. The van der Waals surface area contributed by atoms with Gasteiger partial charge in [0, 0.05) is 0 Å². The topological polar surface area (TPSA) is 81.1 Å². The molecule has 1 aromatic carbocycles. The summed E-state index contributed by atoms with van der Waals surface area (Å²) in [7, 11) is 0. The van der Waals surface area contributed by atoms with E-state index in [2.05, 4.69) is 5.32 Å². The van der Waals surface area contributed by atoms with Crippen LogP contribution in [0.1, 0.15) is 20.3 Å². The standard InChI is InChI=1S/C12H19N3O/c1-8(2)7-10(14)12(16)15-11-6-4-3-5-9(11)13/h3-6,8,10H,7,13-14H2,1-2H3,(H,15,16)/t10-/m0/s1. The van der Waals surface area contributed by atoms with E-state index in [1.54, 1.807) is 12.1 Å². The number of nitrogen functional groups attached to an aromatic ring is 1. The van der Waals surface area contributed by atoms with Gasteiger partial charge in [0.25, 0.3) is 0 Å². The molecule has 0 aliphatic rings. The van der Waals surface area contributed by atoms with Crippen LogP contribution in [-0.2, 0) is 4.79 Å². The predicted octanol–water partition coefficient (Wildman–Crippen LogP) is 1.58. The van der Waals surface area contributed by atoms with Crippen LogP contribution in [0.25, 0.3) is 0 Å². The Hall–Kier alpha value is -1.55. The van der Waals surface area contributed by atoms with Gasteiger partial charge < -0.3 is 16.8 Å². The van der Waals surface area contributed by atoms with Crippen molar-refractivity contribution in [3.8, 4) is 0 Å². The molecule has 0 fully saturated rings. The maximum atomic E-state index is 11.7. The maximum absolute atomic E-state index is 11.7. The van der Waals surface area contributed by atoms with Crippen LogP contribution in [0.5, 0.6) is 0 Å². The minimum atomic E-state index is -0.486. The predicted molar refractivity (Wildman–Crippen MR) is 66.9 cm³/mol. The third-order valence-electron chi connectivity index (χ3n) is 2.28. The fourth-order valence-corrected chi connectivity index (χ4v) is 1.45. The van der Waals surface area contributed by atoms with E-state index in [1.807, 2.05) is 26.0 Å². The Morgan fingerprint density at radius 1 is 1.38 bits per heavy atom. The summed E-state index contributed by atoms with van der Waals surface area (Å²) in [6, 6.07) is 6.65. The van der Waals surface area contributed by atoms with Crippen molar-refractivity contribution >= 4 is 17.3 Å². The van der Waals surface area contributed by atoms with Gasteiger partial charge in [0.05, 0.1) is 17.4 Å². The monoisotopic (exact) mass is 221 g/mol. The van der Waals surface area contributed by atoms with Gasteiger partial charge in [-0.2, -0.15) is 0 Å². The van der Waals surface area contributed by atoms with Crippen molar-refractivity contribution in [1.82, 2.24) is 0 Å². The van der Waals surface area contributed by atoms with E-state index in [0.29, 0.717) is 23.7 Å². The number of anilines is 2.